The molecule has 0 aliphatic heterocycles. The Labute approximate surface area is 99.9 Å². The molecule has 0 aliphatic carbocycles. The van der Waals surface area contributed by atoms with Gasteiger partial charge < -0.3 is 0 Å². The Morgan fingerprint density at radius 2 is 0.600 bits per heavy atom. The molecule has 0 spiro atoms. The second kappa shape index (κ2) is 4.36. The van der Waals surface area contributed by atoms with Crippen LogP contribution in [0.2, 0.25) is 0 Å². The number of alkyl halides is 14. The number of rotatable bonds is 1. The van der Waals surface area contributed by atoms with Crippen molar-refractivity contribution in [2.45, 2.75) is 29.1 Å². The minimum Gasteiger partial charge on any atom is -0.200 e. The lowest BCUT2D eigenvalue weighted by atomic mass is 10.7. The largest absolute Gasteiger partial charge is 0.508 e. The van der Waals surface area contributed by atoms with Crippen molar-refractivity contribution in [2.75, 3.05) is 0 Å². The van der Waals surface area contributed by atoms with Crippen LogP contribution in [0.5, 0.6) is 0 Å². The molecule has 15 heteroatoms. The van der Waals surface area contributed by atoms with Crippen molar-refractivity contribution in [3.8, 4) is 0 Å². The van der Waals surface area contributed by atoms with Crippen LogP contribution in [0.15, 0.2) is 0 Å². The van der Waals surface area contributed by atoms with Gasteiger partial charge in [0.2, 0.25) is 0 Å². The van der Waals surface area contributed by atoms with Gasteiger partial charge in [-0.15, -0.1) is 0 Å². The molecule has 0 saturated carbocycles. The third-order valence-electron chi connectivity index (χ3n) is 2.10. The first-order valence-corrected chi connectivity index (χ1v) is 5.90. The van der Waals surface area contributed by atoms with Crippen molar-refractivity contribution >= 4 is 8.07 Å². The molecular formula is C5F14Si. The van der Waals surface area contributed by atoms with E-state index in [0.717, 1.165) is 0 Å². The molecule has 0 aliphatic rings. The second-order valence-corrected chi connectivity index (χ2v) is 7.14. The van der Waals surface area contributed by atoms with Crippen LogP contribution < -0.4 is 0 Å². The van der Waals surface area contributed by atoms with Crippen LogP contribution in [0, 0.1) is 0 Å². The van der Waals surface area contributed by atoms with Crippen molar-refractivity contribution in [1.29, 1.82) is 0 Å². The molecule has 0 fully saturated rings. The van der Waals surface area contributed by atoms with Gasteiger partial charge in [-0.3, -0.25) is 0 Å². The predicted molar refractivity (Wildman–Crippen MR) is 34.9 cm³/mol. The van der Waals surface area contributed by atoms with Gasteiger partial charge in [-0.1, -0.05) is 0 Å². The van der Waals surface area contributed by atoms with Gasteiger partial charge in [0.15, 0.2) is 0 Å². The third kappa shape index (κ3) is 2.32. The quantitative estimate of drug-likeness (QED) is 0.481. The van der Waals surface area contributed by atoms with Gasteiger partial charge in [-0.25, -0.2) is 8.78 Å². The summed E-state index contributed by atoms with van der Waals surface area (Å²) in [6, 6.07) is 0. The Morgan fingerprint density at radius 1 is 0.400 bits per heavy atom. The molecule has 0 heterocycles. The molecule has 0 bridgehead atoms. The molecule has 0 aromatic rings. The first-order chi connectivity index (χ1) is 8.25. The van der Waals surface area contributed by atoms with Gasteiger partial charge in [-0.05, 0) is 0 Å². The van der Waals surface area contributed by atoms with Crippen LogP contribution in [0.25, 0.3) is 0 Å². The average molecular weight is 354 g/mol. The molecule has 20 heavy (non-hydrogen) atoms. The van der Waals surface area contributed by atoms with E-state index in [9.17, 15) is 61.5 Å². The summed E-state index contributed by atoms with van der Waals surface area (Å²) in [6.07, 6.45) is -7.68. The van der Waals surface area contributed by atoms with Gasteiger partial charge in [0.25, 0.3) is 0 Å². The van der Waals surface area contributed by atoms with E-state index < -0.39 is 37.2 Å². The summed E-state index contributed by atoms with van der Waals surface area (Å²) in [7, 11) is -10.2. The molecule has 0 rings (SSSR count). The molecule has 0 unspecified atom stereocenters. The monoisotopic (exact) mass is 354 g/mol. The zero-order chi connectivity index (χ0) is 17.0. The van der Waals surface area contributed by atoms with Crippen LogP contribution >= 0.6 is 0 Å². The molecule has 0 nitrogen and oxygen atoms in total. The lowest BCUT2D eigenvalue weighted by Crippen LogP contribution is -2.83. The van der Waals surface area contributed by atoms with Crippen molar-refractivity contribution < 1.29 is 61.5 Å². The fraction of sp³-hybridized carbons (Fsp3) is 1.00. The van der Waals surface area contributed by atoms with Gasteiger partial charge >= 0.3 is 37.2 Å². The summed E-state index contributed by atoms with van der Waals surface area (Å²) >= 11 is 0. The maximum Gasteiger partial charge on any atom is 0.508 e. The summed E-state index contributed by atoms with van der Waals surface area (Å²) in [6.45, 7) is 0. The van der Waals surface area contributed by atoms with E-state index in [1.54, 1.807) is 0 Å². The zero-order valence-corrected chi connectivity index (χ0v) is 9.29. The Bertz CT molecular complexity index is 314. The van der Waals surface area contributed by atoms with Gasteiger partial charge in [0, 0.05) is 0 Å². The van der Waals surface area contributed by atoms with Crippen LogP contribution in [0.1, 0.15) is 0 Å². The molecule has 0 atom stereocenters. The Morgan fingerprint density at radius 3 is 0.650 bits per heavy atom. The summed E-state index contributed by atoms with van der Waals surface area (Å²) in [5, 5.41) is 0. The number of hydrogen-bond acceptors (Lipinski definition) is 0. The summed E-state index contributed by atoms with van der Waals surface area (Å²) in [5.41, 5.74) is -8.03. The minimum atomic E-state index is -10.2. The predicted octanol–water partition coefficient (Wildman–Crippen LogP) is 4.48. The molecule has 0 aromatic carbocycles. The highest BCUT2D eigenvalue weighted by Crippen LogP contribution is 2.60. The SMILES string of the molecule is FC(F)(F)C(F)(F)[Si](C(F)(F)F)(C(F)(F)F)C(F)(F)F. The molecule has 0 N–H and O–H groups in total. The van der Waals surface area contributed by atoms with Gasteiger partial charge in [0.1, 0.15) is 0 Å². The Balaban J connectivity index is 6.83. The maximum absolute atomic E-state index is 12.5. The van der Waals surface area contributed by atoms with E-state index in [-0.39, 0.29) is 0 Å². The summed E-state index contributed by atoms with van der Waals surface area (Å²) in [5.74, 6) is -23.6. The summed E-state index contributed by atoms with van der Waals surface area (Å²) in [4.78, 5) is 0. The van der Waals surface area contributed by atoms with E-state index in [4.69, 9.17) is 0 Å². The normalized spacial score (nSPS) is 16.5. The molecule has 0 radical (unpaired) electrons. The first-order valence-electron chi connectivity index (χ1n) is 3.90. The number of halogens is 14. The standard InChI is InChI=1S/C5F14Si/c6-1(7,8)2(9,10)20(3(11,12)13,4(14,15)16)5(17,18)19. The molecule has 122 valence electrons. The van der Waals surface area contributed by atoms with Crippen molar-refractivity contribution in [1.82, 2.24) is 0 Å². The molecule has 0 saturated heterocycles. The Hall–Kier alpha value is -0.763. The highest BCUT2D eigenvalue weighted by molar-refractivity contribution is 6.87. The van der Waals surface area contributed by atoms with Crippen molar-refractivity contribution in [3.63, 3.8) is 0 Å². The Kier molecular flexibility index (Phi) is 4.20. The van der Waals surface area contributed by atoms with Crippen molar-refractivity contribution in [3.05, 3.63) is 0 Å². The van der Waals surface area contributed by atoms with Crippen LogP contribution in [-0.4, -0.2) is 37.2 Å². The molecule has 0 aromatic heterocycles. The maximum atomic E-state index is 12.5. The van der Waals surface area contributed by atoms with Gasteiger partial charge in [0.05, 0.1) is 0 Å². The van der Waals surface area contributed by atoms with Crippen LogP contribution in [0.3, 0.4) is 0 Å². The topological polar surface area (TPSA) is 0 Å². The zero-order valence-electron chi connectivity index (χ0n) is 8.29. The average Bonchev–Trinajstić information content (AvgIpc) is 1.89. The van der Waals surface area contributed by atoms with Crippen LogP contribution in [0.4, 0.5) is 61.5 Å². The minimum absolute atomic E-state index is 7.68. The fourth-order valence-electron chi connectivity index (χ4n) is 1.23. The van der Waals surface area contributed by atoms with E-state index in [2.05, 4.69) is 0 Å². The lowest BCUT2D eigenvalue weighted by molar-refractivity contribution is -0.280. The second-order valence-electron chi connectivity index (χ2n) is 3.32. The van der Waals surface area contributed by atoms with E-state index in [0.29, 0.717) is 0 Å². The number of hydrogen-bond donors (Lipinski definition) is 0. The highest BCUT2D eigenvalue weighted by Gasteiger charge is 3.02. The smallest absolute Gasteiger partial charge is 0.200 e. The van der Waals surface area contributed by atoms with Crippen LogP contribution in [-0.2, 0) is 0 Å². The summed E-state index contributed by atoms with van der Waals surface area (Å²) < 4.78 is 168. The third-order valence-corrected chi connectivity index (χ3v) is 5.88. The molecular weight excluding hydrogens is 354 g/mol. The highest BCUT2D eigenvalue weighted by atomic mass is 28.3. The van der Waals surface area contributed by atoms with E-state index >= 15 is 0 Å². The van der Waals surface area contributed by atoms with Gasteiger partial charge in [-0.2, -0.15) is 52.7 Å². The van der Waals surface area contributed by atoms with E-state index in [1.807, 2.05) is 0 Å². The van der Waals surface area contributed by atoms with E-state index in [1.165, 1.54) is 0 Å². The first kappa shape index (κ1) is 19.2. The fourth-order valence-corrected chi connectivity index (χ4v) is 3.69. The van der Waals surface area contributed by atoms with Crippen molar-refractivity contribution in [2.24, 2.45) is 0 Å². The lowest BCUT2D eigenvalue weighted by Gasteiger charge is -2.40. The molecule has 0 amide bonds.